The molecule has 6 nitrogen and oxygen atoms in total. The molecule has 29 heavy (non-hydrogen) atoms. The Hall–Kier alpha value is -3.65. The molecule has 0 spiro atoms. The molecule has 2 N–H and O–H groups in total. The minimum absolute atomic E-state index is 0.252. The van der Waals surface area contributed by atoms with Crippen molar-refractivity contribution >= 4 is 28.7 Å². The van der Waals surface area contributed by atoms with E-state index in [0.29, 0.717) is 5.56 Å². The summed E-state index contributed by atoms with van der Waals surface area (Å²) in [5.41, 5.74) is 2.38. The maximum atomic E-state index is 13.9. The fraction of sp³-hybridized carbons (Fsp3) is 0.0476. The molecule has 0 aliphatic rings. The molecule has 0 bridgehead atoms. The number of thiazole rings is 1. The zero-order chi connectivity index (χ0) is 20.1. The summed E-state index contributed by atoms with van der Waals surface area (Å²) >= 11 is 1.46. The van der Waals surface area contributed by atoms with Crippen LogP contribution in [0.2, 0.25) is 0 Å². The topological polar surface area (TPSA) is 79.8 Å². The highest BCUT2D eigenvalue weighted by molar-refractivity contribution is 7.09. The van der Waals surface area contributed by atoms with Crippen LogP contribution in [0, 0.1) is 5.82 Å². The zero-order valence-electron chi connectivity index (χ0n) is 15.2. The van der Waals surface area contributed by atoms with Crippen LogP contribution in [0.1, 0.15) is 15.4 Å². The third kappa shape index (κ3) is 4.44. The number of hydrogen-bond donors (Lipinski definition) is 2. The van der Waals surface area contributed by atoms with Crippen LogP contribution < -0.4 is 10.6 Å². The number of aromatic nitrogens is 3. The minimum atomic E-state index is -0.420. The highest BCUT2D eigenvalue weighted by atomic mass is 32.1. The van der Waals surface area contributed by atoms with Crippen molar-refractivity contribution in [3.05, 3.63) is 88.9 Å². The van der Waals surface area contributed by atoms with Gasteiger partial charge in [-0.05, 0) is 36.4 Å². The number of nitrogens with zero attached hydrogens (tertiary/aromatic N) is 3. The second-order valence-electron chi connectivity index (χ2n) is 6.05. The lowest BCUT2D eigenvalue weighted by molar-refractivity contribution is 0.0951. The van der Waals surface area contributed by atoms with Crippen molar-refractivity contribution in [1.82, 2.24) is 20.3 Å². The van der Waals surface area contributed by atoms with Gasteiger partial charge in [0.25, 0.3) is 5.91 Å². The lowest BCUT2D eigenvalue weighted by Gasteiger charge is -2.11. The van der Waals surface area contributed by atoms with Crippen LogP contribution in [0.15, 0.2) is 72.5 Å². The molecule has 0 aliphatic heterocycles. The number of carbonyl (C=O) groups is 1. The summed E-state index contributed by atoms with van der Waals surface area (Å²) in [6, 6.07) is 13.3. The number of nitrogens with one attached hydrogen (secondary N) is 2. The third-order valence-electron chi connectivity index (χ3n) is 4.11. The fourth-order valence-electron chi connectivity index (χ4n) is 2.68. The number of hydrogen-bond acceptors (Lipinski definition) is 6. The summed E-state index contributed by atoms with van der Waals surface area (Å²) in [6.45, 7) is 0.280. The Kier molecular flexibility index (Phi) is 5.53. The molecule has 4 rings (SSSR count). The summed E-state index contributed by atoms with van der Waals surface area (Å²) in [7, 11) is 0. The molecule has 144 valence electrons. The average Bonchev–Trinajstić information content (AvgIpc) is 3.24. The summed E-state index contributed by atoms with van der Waals surface area (Å²) in [5, 5.41) is 8.44. The Morgan fingerprint density at radius 2 is 1.86 bits per heavy atom. The van der Waals surface area contributed by atoms with Gasteiger partial charge in [0, 0.05) is 29.5 Å². The van der Waals surface area contributed by atoms with E-state index < -0.39 is 5.82 Å². The maximum Gasteiger partial charge on any atom is 0.255 e. The second kappa shape index (κ2) is 8.57. The molecule has 1 amide bonds. The monoisotopic (exact) mass is 405 g/mol. The van der Waals surface area contributed by atoms with Crippen molar-refractivity contribution in [2.45, 2.75) is 6.54 Å². The Morgan fingerprint density at radius 1 is 1.03 bits per heavy atom. The molecule has 0 fully saturated rings. The Labute approximate surface area is 170 Å². The molecule has 3 aromatic heterocycles. The molecular weight excluding hydrogens is 389 g/mol. The van der Waals surface area contributed by atoms with Crippen LogP contribution in [-0.2, 0) is 6.54 Å². The quantitative estimate of drug-likeness (QED) is 0.497. The normalized spacial score (nSPS) is 10.5. The van der Waals surface area contributed by atoms with Crippen molar-refractivity contribution < 1.29 is 9.18 Å². The first-order valence-corrected chi connectivity index (χ1v) is 9.68. The van der Waals surface area contributed by atoms with E-state index in [-0.39, 0.29) is 24.0 Å². The van der Waals surface area contributed by atoms with Gasteiger partial charge in [-0.15, -0.1) is 11.3 Å². The first-order chi connectivity index (χ1) is 14.2. The van der Waals surface area contributed by atoms with Gasteiger partial charge in [-0.3, -0.25) is 9.78 Å². The summed E-state index contributed by atoms with van der Waals surface area (Å²) in [4.78, 5) is 25.4. The Bertz CT molecular complexity index is 1130. The number of pyridine rings is 2. The molecule has 0 radical (unpaired) electrons. The molecule has 0 saturated carbocycles. The van der Waals surface area contributed by atoms with Gasteiger partial charge >= 0.3 is 0 Å². The standard InChI is InChI=1S/C21H16FN5OS/c22-16-5-1-2-6-17(16)27-20-15(4-3-9-24-20)21(28)25-12-19-26-18(13-29-19)14-7-10-23-11-8-14/h1-11,13H,12H2,(H,24,27)(H,25,28). The Morgan fingerprint density at radius 3 is 2.69 bits per heavy atom. The number of rotatable bonds is 6. The summed E-state index contributed by atoms with van der Waals surface area (Å²) in [6.07, 6.45) is 4.97. The zero-order valence-corrected chi connectivity index (χ0v) is 16.0. The SMILES string of the molecule is O=C(NCc1nc(-c2ccncc2)cs1)c1cccnc1Nc1ccccc1F. The van der Waals surface area contributed by atoms with E-state index in [1.807, 2.05) is 17.5 Å². The molecule has 0 aliphatic carbocycles. The molecule has 0 saturated heterocycles. The minimum Gasteiger partial charge on any atom is -0.345 e. The maximum absolute atomic E-state index is 13.9. The van der Waals surface area contributed by atoms with Crippen LogP contribution in [0.5, 0.6) is 0 Å². The van der Waals surface area contributed by atoms with E-state index in [0.717, 1.165) is 16.3 Å². The largest absolute Gasteiger partial charge is 0.345 e. The molecule has 1 aromatic carbocycles. The van der Waals surface area contributed by atoms with Gasteiger partial charge in [0.05, 0.1) is 23.5 Å². The lowest BCUT2D eigenvalue weighted by Crippen LogP contribution is -2.24. The first kappa shape index (κ1) is 18.7. The van der Waals surface area contributed by atoms with Crippen LogP contribution in [0.25, 0.3) is 11.3 Å². The number of benzene rings is 1. The van der Waals surface area contributed by atoms with Gasteiger partial charge < -0.3 is 10.6 Å². The molecule has 3 heterocycles. The van der Waals surface area contributed by atoms with Crippen LogP contribution >= 0.6 is 11.3 Å². The number of carbonyl (C=O) groups excluding carboxylic acids is 1. The van der Waals surface area contributed by atoms with Gasteiger partial charge in [-0.25, -0.2) is 14.4 Å². The van der Waals surface area contributed by atoms with Crippen molar-refractivity contribution in [2.75, 3.05) is 5.32 Å². The highest BCUT2D eigenvalue weighted by Gasteiger charge is 2.14. The van der Waals surface area contributed by atoms with Crippen molar-refractivity contribution in [1.29, 1.82) is 0 Å². The molecule has 4 aromatic rings. The first-order valence-electron chi connectivity index (χ1n) is 8.80. The van der Waals surface area contributed by atoms with Gasteiger partial charge in [0.2, 0.25) is 0 Å². The molecule has 8 heteroatoms. The molecule has 0 atom stereocenters. The third-order valence-corrected chi connectivity index (χ3v) is 4.96. The van der Waals surface area contributed by atoms with E-state index in [2.05, 4.69) is 25.6 Å². The second-order valence-corrected chi connectivity index (χ2v) is 6.99. The lowest BCUT2D eigenvalue weighted by atomic mass is 10.2. The van der Waals surface area contributed by atoms with Crippen LogP contribution in [0.4, 0.5) is 15.9 Å². The Balaban J connectivity index is 1.46. The molecule has 0 unspecified atom stereocenters. The van der Waals surface area contributed by atoms with Crippen molar-refractivity contribution in [3.8, 4) is 11.3 Å². The fourth-order valence-corrected chi connectivity index (χ4v) is 3.42. The van der Waals surface area contributed by atoms with Crippen LogP contribution in [0.3, 0.4) is 0 Å². The number of halogens is 1. The number of anilines is 2. The number of para-hydroxylation sites is 1. The van der Waals surface area contributed by atoms with Gasteiger partial charge in [-0.2, -0.15) is 0 Å². The van der Waals surface area contributed by atoms with Gasteiger partial charge in [0.1, 0.15) is 16.6 Å². The number of amides is 1. The summed E-state index contributed by atoms with van der Waals surface area (Å²) < 4.78 is 13.9. The van der Waals surface area contributed by atoms with E-state index >= 15 is 0 Å². The van der Waals surface area contributed by atoms with Crippen molar-refractivity contribution in [2.24, 2.45) is 0 Å². The van der Waals surface area contributed by atoms with E-state index in [9.17, 15) is 9.18 Å². The van der Waals surface area contributed by atoms with Gasteiger partial charge in [-0.1, -0.05) is 12.1 Å². The average molecular weight is 405 g/mol. The summed E-state index contributed by atoms with van der Waals surface area (Å²) in [5.74, 6) is -0.458. The predicted octanol–water partition coefficient (Wildman–Crippen LogP) is 4.41. The van der Waals surface area contributed by atoms with Gasteiger partial charge in [0.15, 0.2) is 0 Å². The van der Waals surface area contributed by atoms with E-state index in [4.69, 9.17) is 0 Å². The van der Waals surface area contributed by atoms with E-state index in [1.54, 1.807) is 48.9 Å². The predicted molar refractivity (Wildman–Crippen MR) is 110 cm³/mol. The van der Waals surface area contributed by atoms with Crippen LogP contribution in [-0.4, -0.2) is 20.9 Å². The smallest absolute Gasteiger partial charge is 0.255 e. The highest BCUT2D eigenvalue weighted by Crippen LogP contribution is 2.22. The van der Waals surface area contributed by atoms with Crippen molar-refractivity contribution in [3.63, 3.8) is 0 Å². The van der Waals surface area contributed by atoms with E-state index in [1.165, 1.54) is 17.4 Å². The molecular formula is C21H16FN5OS.